The summed E-state index contributed by atoms with van der Waals surface area (Å²) in [5, 5.41) is 0.583. The molecule has 0 aliphatic heterocycles. The molecule has 0 bridgehead atoms. The van der Waals surface area contributed by atoms with E-state index in [-0.39, 0.29) is 38.7 Å². The lowest BCUT2D eigenvalue weighted by molar-refractivity contribution is 0.0980. The Morgan fingerprint density at radius 2 is 1.38 bits per heavy atom. The van der Waals surface area contributed by atoms with E-state index in [9.17, 15) is 18.0 Å². The molecular formula is C23H15NO4S. The lowest BCUT2D eigenvalue weighted by Gasteiger charge is -2.19. The van der Waals surface area contributed by atoms with Crippen molar-refractivity contribution >= 4 is 32.5 Å². The van der Waals surface area contributed by atoms with Crippen molar-refractivity contribution in [3.63, 3.8) is 0 Å². The Bertz CT molecular complexity index is 1440. The largest absolute Gasteiger partial charge is 0.289 e. The van der Waals surface area contributed by atoms with Crippen LogP contribution in [-0.2, 0) is 10.0 Å². The van der Waals surface area contributed by atoms with E-state index < -0.39 is 10.0 Å². The normalized spacial score (nSPS) is 13.4. The van der Waals surface area contributed by atoms with Gasteiger partial charge in [-0.3, -0.25) is 9.59 Å². The molecule has 142 valence electrons. The van der Waals surface area contributed by atoms with Crippen LogP contribution in [0.4, 0.5) is 0 Å². The molecule has 29 heavy (non-hydrogen) atoms. The SMILES string of the molecule is Cc1ccc(S(=O)(=O)n2ccc3ccc4c(c32)C(=O)c2ccccc2C4=O)cc1. The zero-order valence-electron chi connectivity index (χ0n) is 15.4. The molecule has 5 nitrogen and oxygen atoms in total. The molecule has 1 heterocycles. The minimum atomic E-state index is -3.94. The van der Waals surface area contributed by atoms with Crippen LogP contribution in [-0.4, -0.2) is 24.0 Å². The summed E-state index contributed by atoms with van der Waals surface area (Å²) in [5.74, 6) is -0.627. The van der Waals surface area contributed by atoms with Gasteiger partial charge in [0.05, 0.1) is 16.0 Å². The van der Waals surface area contributed by atoms with Crippen molar-refractivity contribution in [3.8, 4) is 0 Å². The van der Waals surface area contributed by atoms with Crippen LogP contribution in [0.2, 0.25) is 0 Å². The van der Waals surface area contributed by atoms with Crippen molar-refractivity contribution in [1.29, 1.82) is 0 Å². The summed E-state index contributed by atoms with van der Waals surface area (Å²) in [7, 11) is -3.94. The highest BCUT2D eigenvalue weighted by Crippen LogP contribution is 2.34. The summed E-state index contributed by atoms with van der Waals surface area (Å²) < 4.78 is 27.7. The smallest absolute Gasteiger partial charge is 0.268 e. The maximum absolute atomic E-state index is 13.3. The summed E-state index contributed by atoms with van der Waals surface area (Å²) in [4.78, 5) is 26.4. The fraction of sp³-hybridized carbons (Fsp3) is 0.0435. The van der Waals surface area contributed by atoms with Gasteiger partial charge in [0.25, 0.3) is 10.0 Å². The molecule has 0 radical (unpaired) electrons. The lowest BCUT2D eigenvalue weighted by Crippen LogP contribution is -2.23. The first-order valence-electron chi connectivity index (χ1n) is 9.04. The van der Waals surface area contributed by atoms with E-state index in [0.717, 1.165) is 9.54 Å². The van der Waals surface area contributed by atoms with Gasteiger partial charge in [-0.2, -0.15) is 0 Å². The number of carbonyl (C=O) groups excluding carboxylic acids is 2. The molecule has 0 unspecified atom stereocenters. The molecule has 1 aromatic heterocycles. The molecule has 6 heteroatoms. The highest BCUT2D eigenvalue weighted by Gasteiger charge is 2.33. The molecule has 4 aromatic rings. The second-order valence-corrected chi connectivity index (χ2v) is 8.87. The molecule has 0 N–H and O–H groups in total. The lowest BCUT2D eigenvalue weighted by atomic mass is 9.83. The number of nitrogens with zero attached hydrogens (tertiary/aromatic N) is 1. The van der Waals surface area contributed by atoms with E-state index in [4.69, 9.17) is 0 Å². The molecule has 0 amide bonds. The van der Waals surface area contributed by atoms with Crippen molar-refractivity contribution < 1.29 is 18.0 Å². The topological polar surface area (TPSA) is 73.2 Å². The Labute approximate surface area is 167 Å². The predicted octanol–water partition coefficient (Wildman–Crippen LogP) is 3.96. The van der Waals surface area contributed by atoms with Crippen molar-refractivity contribution in [1.82, 2.24) is 3.97 Å². The number of hydrogen-bond donors (Lipinski definition) is 0. The molecular weight excluding hydrogens is 386 g/mol. The molecule has 1 aliphatic carbocycles. The average Bonchev–Trinajstić information content (AvgIpc) is 3.17. The zero-order chi connectivity index (χ0) is 20.3. The van der Waals surface area contributed by atoms with Gasteiger partial charge in [-0.25, -0.2) is 12.4 Å². The highest BCUT2D eigenvalue weighted by atomic mass is 32.2. The van der Waals surface area contributed by atoms with Crippen LogP contribution in [0, 0.1) is 6.92 Å². The van der Waals surface area contributed by atoms with Gasteiger partial charge in [-0.05, 0) is 31.2 Å². The van der Waals surface area contributed by atoms with Gasteiger partial charge in [0.1, 0.15) is 0 Å². The third-order valence-corrected chi connectivity index (χ3v) is 6.97. The van der Waals surface area contributed by atoms with E-state index >= 15 is 0 Å². The van der Waals surface area contributed by atoms with Crippen molar-refractivity contribution in [2.24, 2.45) is 0 Å². The fourth-order valence-electron chi connectivity index (χ4n) is 3.80. The molecule has 0 saturated heterocycles. The number of ketones is 2. The van der Waals surface area contributed by atoms with E-state index in [1.165, 1.54) is 18.3 Å². The summed E-state index contributed by atoms with van der Waals surface area (Å²) in [6.07, 6.45) is 1.43. The quantitative estimate of drug-likeness (QED) is 0.449. The monoisotopic (exact) mass is 401 g/mol. The third-order valence-electron chi connectivity index (χ3n) is 5.28. The number of aromatic nitrogens is 1. The Morgan fingerprint density at radius 3 is 2.07 bits per heavy atom. The van der Waals surface area contributed by atoms with Crippen molar-refractivity contribution in [2.75, 3.05) is 0 Å². The molecule has 3 aromatic carbocycles. The minimum Gasteiger partial charge on any atom is -0.289 e. The van der Waals surface area contributed by atoms with E-state index in [1.807, 2.05) is 6.92 Å². The predicted molar refractivity (Wildman–Crippen MR) is 109 cm³/mol. The third kappa shape index (κ3) is 2.42. The van der Waals surface area contributed by atoms with Crippen LogP contribution in [0.3, 0.4) is 0 Å². The van der Waals surface area contributed by atoms with Gasteiger partial charge in [0.2, 0.25) is 0 Å². The number of aryl methyl sites for hydroxylation is 1. The van der Waals surface area contributed by atoms with Crippen LogP contribution in [0.15, 0.2) is 77.8 Å². The second-order valence-electron chi connectivity index (χ2n) is 7.06. The molecule has 5 rings (SSSR count). The van der Waals surface area contributed by atoms with E-state index in [2.05, 4.69) is 0 Å². The fourth-order valence-corrected chi connectivity index (χ4v) is 5.17. The minimum absolute atomic E-state index is 0.119. The molecule has 0 spiro atoms. The molecule has 0 saturated carbocycles. The Morgan fingerprint density at radius 1 is 0.724 bits per heavy atom. The van der Waals surface area contributed by atoms with Crippen molar-refractivity contribution in [3.05, 3.63) is 101 Å². The van der Waals surface area contributed by atoms with Gasteiger partial charge in [0, 0.05) is 28.3 Å². The van der Waals surface area contributed by atoms with Crippen LogP contribution < -0.4 is 0 Å². The van der Waals surface area contributed by atoms with Gasteiger partial charge in [0.15, 0.2) is 11.6 Å². The summed E-state index contributed by atoms with van der Waals surface area (Å²) in [5.41, 5.74) is 2.15. The van der Waals surface area contributed by atoms with Gasteiger partial charge in [-0.1, -0.05) is 48.0 Å². The zero-order valence-corrected chi connectivity index (χ0v) is 16.2. The Balaban J connectivity index is 1.82. The first-order chi connectivity index (χ1) is 13.9. The van der Waals surface area contributed by atoms with E-state index in [1.54, 1.807) is 54.6 Å². The van der Waals surface area contributed by atoms with Crippen LogP contribution in [0.25, 0.3) is 10.9 Å². The van der Waals surface area contributed by atoms with Crippen LogP contribution in [0.5, 0.6) is 0 Å². The van der Waals surface area contributed by atoms with Gasteiger partial charge < -0.3 is 0 Å². The first-order valence-corrected chi connectivity index (χ1v) is 10.5. The number of fused-ring (bicyclic) bond motifs is 4. The van der Waals surface area contributed by atoms with Gasteiger partial charge in [-0.15, -0.1) is 0 Å². The average molecular weight is 401 g/mol. The number of rotatable bonds is 2. The Hall–Kier alpha value is -3.51. The van der Waals surface area contributed by atoms with Crippen LogP contribution in [0.1, 0.15) is 37.4 Å². The molecule has 1 aliphatic rings. The summed E-state index contributed by atoms with van der Waals surface area (Å²) in [6, 6.07) is 18.0. The molecule has 0 atom stereocenters. The number of carbonyl (C=O) groups is 2. The number of benzene rings is 3. The van der Waals surface area contributed by atoms with Crippen LogP contribution >= 0.6 is 0 Å². The first kappa shape index (κ1) is 17.6. The Kier molecular flexibility index (Phi) is 3.63. The maximum atomic E-state index is 13.3. The highest BCUT2D eigenvalue weighted by molar-refractivity contribution is 7.90. The molecule has 0 fully saturated rings. The standard InChI is InChI=1S/C23H15NO4S/c1-14-6-9-16(10-7-14)29(27,28)24-13-12-15-8-11-19-20(21(15)24)23(26)18-5-3-2-4-17(18)22(19)25/h2-13H,1H3. The summed E-state index contributed by atoms with van der Waals surface area (Å²) >= 11 is 0. The van der Waals surface area contributed by atoms with Gasteiger partial charge >= 0.3 is 0 Å². The summed E-state index contributed by atoms with van der Waals surface area (Å²) in [6.45, 7) is 1.87. The van der Waals surface area contributed by atoms with Crippen molar-refractivity contribution in [2.45, 2.75) is 11.8 Å². The second kappa shape index (κ2) is 5.99. The van der Waals surface area contributed by atoms with E-state index in [0.29, 0.717) is 10.9 Å². The number of hydrogen-bond acceptors (Lipinski definition) is 4. The maximum Gasteiger partial charge on any atom is 0.268 e.